The number of nitrogens with zero attached hydrogens (tertiary/aromatic N) is 3. The van der Waals surface area contributed by atoms with Crippen LogP contribution in [-0.2, 0) is 16.0 Å². The van der Waals surface area contributed by atoms with E-state index >= 15 is 0 Å². The third-order valence-corrected chi connectivity index (χ3v) is 7.17. The minimum absolute atomic E-state index is 0.0663. The maximum atomic E-state index is 14.9. The molecule has 4 rings (SSSR count). The first kappa shape index (κ1) is 28.6. The Balaban J connectivity index is 1.48. The molecule has 3 amide bonds. The number of likely N-dealkylation sites (N-methyl/N-ethyl adjacent to an activating group) is 1. The predicted octanol–water partition coefficient (Wildman–Crippen LogP) is 4.34. The van der Waals surface area contributed by atoms with Crippen molar-refractivity contribution in [1.82, 2.24) is 20.0 Å². The Labute approximate surface area is 224 Å². The molecule has 1 aromatic heterocycles. The van der Waals surface area contributed by atoms with E-state index in [1.807, 2.05) is 13.8 Å². The molecule has 1 heterocycles. The van der Waals surface area contributed by atoms with Crippen molar-refractivity contribution in [3.05, 3.63) is 47.5 Å². The molecular formula is C27H33F4N5O3. The highest BCUT2D eigenvalue weighted by molar-refractivity contribution is 6.01. The second kappa shape index (κ2) is 11.4. The van der Waals surface area contributed by atoms with Crippen LogP contribution < -0.4 is 10.6 Å². The monoisotopic (exact) mass is 551 g/mol. The number of amides is 3. The summed E-state index contributed by atoms with van der Waals surface area (Å²) in [6.45, 7) is 2.37. The average Bonchev–Trinajstić information content (AvgIpc) is 3.78. The fraction of sp³-hybridized carbons (Fsp3) is 0.556. The van der Waals surface area contributed by atoms with Gasteiger partial charge >= 0.3 is 6.18 Å². The Morgan fingerprint density at radius 1 is 1.10 bits per heavy atom. The van der Waals surface area contributed by atoms with Gasteiger partial charge in [0.05, 0.1) is 12.1 Å². The van der Waals surface area contributed by atoms with E-state index in [1.54, 1.807) is 10.7 Å². The summed E-state index contributed by atoms with van der Waals surface area (Å²) in [4.78, 5) is 39.4. The molecule has 2 aromatic rings. The van der Waals surface area contributed by atoms with Crippen molar-refractivity contribution in [3.8, 4) is 0 Å². The Morgan fingerprint density at radius 2 is 1.74 bits per heavy atom. The Bertz CT molecular complexity index is 1210. The molecule has 1 aromatic carbocycles. The van der Waals surface area contributed by atoms with Crippen molar-refractivity contribution in [3.63, 3.8) is 0 Å². The summed E-state index contributed by atoms with van der Waals surface area (Å²) in [7, 11) is 1.03. The second-order valence-corrected chi connectivity index (χ2v) is 10.8. The predicted molar refractivity (Wildman–Crippen MR) is 135 cm³/mol. The summed E-state index contributed by atoms with van der Waals surface area (Å²) in [5.41, 5.74) is 0.352. The van der Waals surface area contributed by atoms with Crippen LogP contribution in [0.5, 0.6) is 0 Å². The molecule has 39 heavy (non-hydrogen) atoms. The van der Waals surface area contributed by atoms with Crippen LogP contribution in [0.15, 0.2) is 30.5 Å². The molecule has 0 spiro atoms. The van der Waals surface area contributed by atoms with E-state index < -0.39 is 48.7 Å². The number of halogens is 4. The molecule has 0 bridgehead atoms. The molecular weight excluding hydrogens is 518 g/mol. The number of carbonyl (C=O) groups excluding carboxylic acids is 3. The van der Waals surface area contributed by atoms with E-state index in [-0.39, 0.29) is 23.2 Å². The smallest absolute Gasteiger partial charge is 0.339 e. The first-order valence-electron chi connectivity index (χ1n) is 13.1. The van der Waals surface area contributed by atoms with Crippen molar-refractivity contribution in [2.45, 2.75) is 64.2 Å². The van der Waals surface area contributed by atoms with Crippen LogP contribution in [0.2, 0.25) is 0 Å². The van der Waals surface area contributed by atoms with Gasteiger partial charge in [0.2, 0.25) is 11.8 Å². The van der Waals surface area contributed by atoms with E-state index in [1.165, 1.54) is 18.3 Å². The van der Waals surface area contributed by atoms with Gasteiger partial charge in [0.25, 0.3) is 5.91 Å². The number of carbonyl (C=O) groups is 3. The molecule has 0 radical (unpaired) electrons. The number of hydrogen-bond donors (Lipinski definition) is 2. The summed E-state index contributed by atoms with van der Waals surface area (Å²) in [5.74, 6) is -2.10. The van der Waals surface area contributed by atoms with Crippen molar-refractivity contribution < 1.29 is 31.9 Å². The lowest BCUT2D eigenvalue weighted by Gasteiger charge is -2.28. The quantitative estimate of drug-likeness (QED) is 0.406. The van der Waals surface area contributed by atoms with E-state index in [9.17, 15) is 31.9 Å². The summed E-state index contributed by atoms with van der Waals surface area (Å²) < 4.78 is 54.2. The third-order valence-electron chi connectivity index (χ3n) is 7.17. The van der Waals surface area contributed by atoms with Crippen LogP contribution in [0.4, 0.5) is 23.2 Å². The Hall–Kier alpha value is -3.44. The Morgan fingerprint density at radius 3 is 2.28 bits per heavy atom. The summed E-state index contributed by atoms with van der Waals surface area (Å²) in [6, 6.07) is 4.30. The lowest BCUT2D eigenvalue weighted by molar-refractivity contribution is -0.157. The number of anilines is 1. The molecule has 2 N–H and O–H groups in total. The number of hydrogen-bond acceptors (Lipinski definition) is 4. The minimum Gasteiger partial charge on any atom is -0.339 e. The van der Waals surface area contributed by atoms with Crippen molar-refractivity contribution in [2.24, 2.45) is 17.8 Å². The van der Waals surface area contributed by atoms with Crippen LogP contribution in [0.1, 0.15) is 61.6 Å². The van der Waals surface area contributed by atoms with Gasteiger partial charge in [-0.1, -0.05) is 6.07 Å². The first-order valence-corrected chi connectivity index (χ1v) is 13.1. The van der Waals surface area contributed by atoms with Gasteiger partial charge in [-0.25, -0.2) is 4.39 Å². The third kappa shape index (κ3) is 7.36. The standard InChI is InChI=1S/C27H33F4N5O3/c1-15(2)36-21(10-11-32-36)25(38)34-24(23(17-5-6-17)18-7-8-18)26(39)33-20-9-4-16(12-19(20)28)13-22(37)35(3)14-27(29,30)31/h4,9-12,15,17-18,23-24H,5-8,13-14H2,1-3H3,(H,33,39)(H,34,38). The SMILES string of the molecule is CC(C)n1nccc1C(=O)NC(C(=O)Nc1ccc(CC(=O)N(C)CC(F)(F)F)cc1F)C(C1CC1)C1CC1. The number of nitrogens with one attached hydrogen (secondary N) is 2. The lowest BCUT2D eigenvalue weighted by Crippen LogP contribution is -2.50. The number of benzene rings is 1. The van der Waals surface area contributed by atoms with E-state index in [4.69, 9.17) is 0 Å². The first-order chi connectivity index (χ1) is 18.3. The highest BCUT2D eigenvalue weighted by atomic mass is 19.4. The summed E-state index contributed by atoms with van der Waals surface area (Å²) in [6.07, 6.45) is 0.407. The van der Waals surface area contributed by atoms with Gasteiger partial charge in [-0.3, -0.25) is 19.1 Å². The van der Waals surface area contributed by atoms with Gasteiger partial charge in [-0.2, -0.15) is 18.3 Å². The average molecular weight is 552 g/mol. The second-order valence-electron chi connectivity index (χ2n) is 10.8. The summed E-state index contributed by atoms with van der Waals surface area (Å²) >= 11 is 0. The zero-order valence-corrected chi connectivity index (χ0v) is 22.1. The van der Waals surface area contributed by atoms with Crippen LogP contribution >= 0.6 is 0 Å². The van der Waals surface area contributed by atoms with Gasteiger partial charge in [0.1, 0.15) is 24.1 Å². The molecule has 2 saturated carbocycles. The molecule has 1 unspecified atom stereocenters. The van der Waals surface area contributed by atoms with E-state index in [2.05, 4.69) is 15.7 Å². The van der Waals surface area contributed by atoms with Crippen LogP contribution in [0.25, 0.3) is 0 Å². The molecule has 2 aliphatic carbocycles. The fourth-order valence-corrected chi connectivity index (χ4v) is 5.00. The topological polar surface area (TPSA) is 96.3 Å². The van der Waals surface area contributed by atoms with Gasteiger partial charge in [-0.05, 0) is 81.0 Å². The zero-order valence-electron chi connectivity index (χ0n) is 22.1. The van der Waals surface area contributed by atoms with Crippen molar-refractivity contribution in [1.29, 1.82) is 0 Å². The molecule has 212 valence electrons. The lowest BCUT2D eigenvalue weighted by atomic mass is 9.88. The highest BCUT2D eigenvalue weighted by Crippen LogP contribution is 2.51. The van der Waals surface area contributed by atoms with E-state index in [0.717, 1.165) is 38.8 Å². The van der Waals surface area contributed by atoms with Crippen molar-refractivity contribution >= 4 is 23.4 Å². The van der Waals surface area contributed by atoms with Crippen LogP contribution in [-0.4, -0.2) is 58.2 Å². The van der Waals surface area contributed by atoms with Gasteiger partial charge in [-0.15, -0.1) is 0 Å². The molecule has 1 atom stereocenters. The van der Waals surface area contributed by atoms with Crippen LogP contribution in [0.3, 0.4) is 0 Å². The van der Waals surface area contributed by atoms with E-state index in [0.29, 0.717) is 22.4 Å². The largest absolute Gasteiger partial charge is 0.406 e. The molecule has 2 fully saturated rings. The number of aromatic nitrogens is 2. The molecule has 0 saturated heterocycles. The van der Waals surface area contributed by atoms with Crippen molar-refractivity contribution in [2.75, 3.05) is 18.9 Å². The van der Waals surface area contributed by atoms with Gasteiger partial charge < -0.3 is 15.5 Å². The fourth-order valence-electron chi connectivity index (χ4n) is 5.00. The number of rotatable bonds is 11. The highest BCUT2D eigenvalue weighted by Gasteiger charge is 2.48. The molecule has 2 aliphatic rings. The molecule has 0 aliphatic heterocycles. The van der Waals surface area contributed by atoms with Crippen LogP contribution in [0, 0.1) is 23.6 Å². The normalized spacial score (nSPS) is 16.3. The van der Waals surface area contributed by atoms with Gasteiger partial charge in [0.15, 0.2) is 0 Å². The molecule has 8 nitrogen and oxygen atoms in total. The zero-order chi connectivity index (χ0) is 28.5. The summed E-state index contributed by atoms with van der Waals surface area (Å²) in [5, 5.41) is 9.66. The Kier molecular flexibility index (Phi) is 8.31. The minimum atomic E-state index is -4.54. The maximum Gasteiger partial charge on any atom is 0.406 e. The molecule has 12 heteroatoms. The van der Waals surface area contributed by atoms with Gasteiger partial charge in [0, 0.05) is 19.3 Å². The number of alkyl halides is 3. The maximum absolute atomic E-state index is 14.9.